The smallest absolute Gasteiger partial charge is 0.238 e. The average Bonchev–Trinajstić information content (AvgIpc) is 2.49. The van der Waals surface area contributed by atoms with E-state index in [0.717, 1.165) is 12.8 Å². The second kappa shape index (κ2) is 4.21. The molecule has 0 spiro atoms. The number of aromatic nitrogens is 2. The molecule has 1 aromatic heterocycles. The summed E-state index contributed by atoms with van der Waals surface area (Å²) >= 11 is 3.09. The lowest BCUT2D eigenvalue weighted by atomic mass is 10.0. The maximum Gasteiger partial charge on any atom is 0.238 e. The molecule has 15 heavy (non-hydrogen) atoms. The van der Waals surface area contributed by atoms with Crippen LogP contribution in [0.1, 0.15) is 18.7 Å². The second-order valence-corrected chi connectivity index (χ2v) is 6.72. The van der Waals surface area contributed by atoms with E-state index in [9.17, 15) is 8.42 Å². The summed E-state index contributed by atoms with van der Waals surface area (Å²) in [6.45, 7) is 0. The Morgan fingerprint density at radius 3 is 2.93 bits per heavy atom. The van der Waals surface area contributed by atoms with Crippen LogP contribution in [-0.4, -0.2) is 30.1 Å². The Kier molecular flexibility index (Phi) is 3.11. The van der Waals surface area contributed by atoms with Crippen molar-refractivity contribution in [3.8, 4) is 0 Å². The molecule has 1 saturated heterocycles. The largest absolute Gasteiger partial charge is 0.338 e. The first kappa shape index (κ1) is 11.1. The first-order valence-corrected chi connectivity index (χ1v) is 7.35. The highest BCUT2D eigenvalue weighted by Gasteiger charge is 2.26. The van der Waals surface area contributed by atoms with Gasteiger partial charge in [-0.2, -0.15) is 4.98 Å². The van der Waals surface area contributed by atoms with E-state index in [2.05, 4.69) is 26.1 Å². The molecule has 84 valence electrons. The third-order valence-corrected chi connectivity index (χ3v) is 4.68. The average molecular weight is 295 g/mol. The predicted molar refractivity (Wildman–Crippen MR) is 57.1 cm³/mol. The maximum atomic E-state index is 11.4. The van der Waals surface area contributed by atoms with Gasteiger partial charge in [-0.05, 0) is 39.8 Å². The van der Waals surface area contributed by atoms with E-state index in [-0.39, 0.29) is 11.7 Å². The zero-order chi connectivity index (χ0) is 10.9. The molecule has 1 atom stereocenters. The Balaban J connectivity index is 2.01. The van der Waals surface area contributed by atoms with Gasteiger partial charge in [0.05, 0.1) is 11.5 Å². The number of hydrogen-bond donors (Lipinski definition) is 0. The number of sulfone groups is 1. The molecule has 5 nitrogen and oxygen atoms in total. The van der Waals surface area contributed by atoms with Crippen LogP contribution < -0.4 is 0 Å². The standard InChI is InChI=1S/C8H11BrN2O3S/c9-8-10-7(14-11-8)4-6-2-1-3-15(12,13)5-6/h6H,1-5H2. The van der Waals surface area contributed by atoms with Gasteiger partial charge in [-0.25, -0.2) is 8.42 Å². The summed E-state index contributed by atoms with van der Waals surface area (Å²) in [5.74, 6) is 1.18. The van der Waals surface area contributed by atoms with Crippen LogP contribution in [0.15, 0.2) is 9.26 Å². The van der Waals surface area contributed by atoms with Gasteiger partial charge in [0.25, 0.3) is 0 Å². The molecule has 1 aliphatic heterocycles. The molecule has 0 bridgehead atoms. The van der Waals surface area contributed by atoms with Gasteiger partial charge in [-0.1, -0.05) is 0 Å². The topological polar surface area (TPSA) is 73.1 Å². The van der Waals surface area contributed by atoms with E-state index < -0.39 is 9.84 Å². The minimum absolute atomic E-state index is 0.121. The fraction of sp³-hybridized carbons (Fsp3) is 0.750. The van der Waals surface area contributed by atoms with Crippen molar-refractivity contribution in [2.75, 3.05) is 11.5 Å². The van der Waals surface area contributed by atoms with Crippen molar-refractivity contribution in [3.63, 3.8) is 0 Å². The molecule has 2 rings (SSSR count). The molecule has 1 aliphatic rings. The molecule has 7 heteroatoms. The maximum absolute atomic E-state index is 11.4. The molecule has 0 aromatic carbocycles. The van der Waals surface area contributed by atoms with Crippen LogP contribution >= 0.6 is 15.9 Å². The Bertz CT molecular complexity index is 442. The fourth-order valence-electron chi connectivity index (χ4n) is 1.84. The Morgan fingerprint density at radius 1 is 1.53 bits per heavy atom. The van der Waals surface area contributed by atoms with E-state index in [1.54, 1.807) is 0 Å². The fourth-order valence-corrected chi connectivity index (χ4v) is 3.89. The van der Waals surface area contributed by atoms with Crippen LogP contribution in [0.3, 0.4) is 0 Å². The normalized spacial score (nSPS) is 25.3. The predicted octanol–water partition coefficient (Wildman–Crippen LogP) is 1.20. The zero-order valence-corrected chi connectivity index (χ0v) is 10.4. The van der Waals surface area contributed by atoms with Crippen LogP contribution in [0.25, 0.3) is 0 Å². The van der Waals surface area contributed by atoms with E-state index in [1.807, 2.05) is 0 Å². The van der Waals surface area contributed by atoms with Gasteiger partial charge in [-0.15, -0.1) is 0 Å². The van der Waals surface area contributed by atoms with Gasteiger partial charge in [0.15, 0.2) is 9.84 Å². The van der Waals surface area contributed by atoms with Gasteiger partial charge in [-0.3, -0.25) is 0 Å². The van der Waals surface area contributed by atoms with E-state index in [1.165, 1.54) is 0 Å². The summed E-state index contributed by atoms with van der Waals surface area (Å²) in [4.78, 5) is 4.00. The van der Waals surface area contributed by atoms with E-state index in [0.29, 0.717) is 22.8 Å². The Labute approximate surface area is 96.3 Å². The lowest BCUT2D eigenvalue weighted by molar-refractivity contribution is 0.347. The Hall–Kier alpha value is -0.430. The highest BCUT2D eigenvalue weighted by molar-refractivity contribution is 9.10. The monoisotopic (exact) mass is 294 g/mol. The first-order chi connectivity index (χ1) is 7.05. The third kappa shape index (κ3) is 3.01. The SMILES string of the molecule is O=S1(=O)CCCC(Cc2nc(Br)no2)C1. The Morgan fingerprint density at radius 2 is 2.33 bits per heavy atom. The van der Waals surface area contributed by atoms with Crippen molar-refractivity contribution < 1.29 is 12.9 Å². The number of halogens is 1. The van der Waals surface area contributed by atoms with Gasteiger partial charge in [0.2, 0.25) is 10.6 Å². The zero-order valence-electron chi connectivity index (χ0n) is 8.02. The third-order valence-electron chi connectivity index (χ3n) is 2.46. The molecule has 0 radical (unpaired) electrons. The van der Waals surface area contributed by atoms with Gasteiger partial charge < -0.3 is 4.52 Å². The van der Waals surface area contributed by atoms with Gasteiger partial charge in [0, 0.05) is 6.42 Å². The van der Waals surface area contributed by atoms with Gasteiger partial charge >= 0.3 is 0 Å². The highest BCUT2D eigenvalue weighted by atomic mass is 79.9. The molecule has 0 amide bonds. The van der Waals surface area contributed by atoms with Crippen molar-refractivity contribution in [3.05, 3.63) is 10.6 Å². The van der Waals surface area contributed by atoms with Crippen LogP contribution in [0.5, 0.6) is 0 Å². The van der Waals surface area contributed by atoms with Crippen molar-refractivity contribution in [1.82, 2.24) is 10.1 Å². The van der Waals surface area contributed by atoms with Crippen molar-refractivity contribution >= 4 is 25.8 Å². The molecule has 2 heterocycles. The van der Waals surface area contributed by atoms with E-state index in [4.69, 9.17) is 4.52 Å². The van der Waals surface area contributed by atoms with E-state index >= 15 is 0 Å². The van der Waals surface area contributed by atoms with Crippen LogP contribution in [-0.2, 0) is 16.3 Å². The summed E-state index contributed by atoms with van der Waals surface area (Å²) in [5.41, 5.74) is 0. The van der Waals surface area contributed by atoms with Crippen molar-refractivity contribution in [1.29, 1.82) is 0 Å². The molecule has 1 aromatic rings. The minimum atomic E-state index is -2.85. The number of rotatable bonds is 2. The minimum Gasteiger partial charge on any atom is -0.338 e. The molecular weight excluding hydrogens is 284 g/mol. The van der Waals surface area contributed by atoms with Crippen LogP contribution in [0, 0.1) is 5.92 Å². The van der Waals surface area contributed by atoms with Crippen molar-refractivity contribution in [2.45, 2.75) is 19.3 Å². The highest BCUT2D eigenvalue weighted by Crippen LogP contribution is 2.22. The molecular formula is C8H11BrN2O3S. The molecule has 0 N–H and O–H groups in total. The van der Waals surface area contributed by atoms with Crippen molar-refractivity contribution in [2.24, 2.45) is 5.92 Å². The molecule has 1 fully saturated rings. The first-order valence-electron chi connectivity index (χ1n) is 4.74. The summed E-state index contributed by atoms with van der Waals surface area (Å²) < 4.78 is 28.1. The quantitative estimate of drug-likeness (QED) is 0.819. The summed E-state index contributed by atoms with van der Waals surface area (Å²) in [6.07, 6.45) is 2.21. The summed E-state index contributed by atoms with van der Waals surface area (Å²) in [5, 5.41) is 3.60. The van der Waals surface area contributed by atoms with Crippen LogP contribution in [0.4, 0.5) is 0 Å². The molecule has 0 aliphatic carbocycles. The summed E-state index contributed by atoms with van der Waals surface area (Å²) in [6, 6.07) is 0. The second-order valence-electron chi connectivity index (χ2n) is 3.78. The lowest BCUT2D eigenvalue weighted by Gasteiger charge is -2.19. The van der Waals surface area contributed by atoms with Crippen LogP contribution in [0.2, 0.25) is 0 Å². The molecule has 0 saturated carbocycles. The number of hydrogen-bond acceptors (Lipinski definition) is 5. The molecule has 1 unspecified atom stereocenters. The lowest BCUT2D eigenvalue weighted by Crippen LogP contribution is -2.26. The summed E-state index contributed by atoms with van der Waals surface area (Å²) in [7, 11) is -2.85. The van der Waals surface area contributed by atoms with Gasteiger partial charge in [0.1, 0.15) is 0 Å². The number of nitrogens with zero attached hydrogens (tertiary/aromatic N) is 2.